The van der Waals surface area contributed by atoms with Crippen LogP contribution in [-0.2, 0) is 0 Å². The molecule has 21 heavy (non-hydrogen) atoms. The fourth-order valence-electron chi connectivity index (χ4n) is 2.16. The van der Waals surface area contributed by atoms with E-state index >= 15 is 0 Å². The SMILES string of the molecule is O=C(O)c1cccc(-n2[nH]c(=O)c3ccccc3c2=O)c1. The zero-order valence-corrected chi connectivity index (χ0v) is 10.7. The Balaban J connectivity index is 2.34. The summed E-state index contributed by atoms with van der Waals surface area (Å²) >= 11 is 0. The molecule has 3 aromatic rings. The minimum Gasteiger partial charge on any atom is -0.478 e. The van der Waals surface area contributed by atoms with Crippen molar-refractivity contribution in [2.24, 2.45) is 0 Å². The fourth-order valence-corrected chi connectivity index (χ4v) is 2.16. The van der Waals surface area contributed by atoms with Gasteiger partial charge in [-0.2, -0.15) is 0 Å². The largest absolute Gasteiger partial charge is 0.478 e. The molecular formula is C15H10N2O4. The minimum atomic E-state index is -1.10. The molecule has 0 atom stereocenters. The van der Waals surface area contributed by atoms with Crippen LogP contribution in [0, 0.1) is 0 Å². The second kappa shape index (κ2) is 4.75. The molecular weight excluding hydrogens is 272 g/mol. The molecule has 2 aromatic carbocycles. The van der Waals surface area contributed by atoms with Gasteiger partial charge in [0, 0.05) is 0 Å². The number of H-pyrrole nitrogens is 1. The molecule has 0 unspecified atom stereocenters. The smallest absolute Gasteiger partial charge is 0.335 e. The van der Waals surface area contributed by atoms with Crippen LogP contribution in [0.3, 0.4) is 0 Å². The van der Waals surface area contributed by atoms with Crippen LogP contribution in [0.5, 0.6) is 0 Å². The topological polar surface area (TPSA) is 92.2 Å². The van der Waals surface area contributed by atoms with Crippen molar-refractivity contribution in [1.82, 2.24) is 9.78 Å². The van der Waals surface area contributed by atoms with Gasteiger partial charge in [0.1, 0.15) is 0 Å². The van der Waals surface area contributed by atoms with E-state index in [4.69, 9.17) is 5.11 Å². The van der Waals surface area contributed by atoms with E-state index in [2.05, 4.69) is 5.10 Å². The summed E-state index contributed by atoms with van der Waals surface area (Å²) < 4.78 is 1.05. The van der Waals surface area contributed by atoms with Crippen molar-refractivity contribution in [3.63, 3.8) is 0 Å². The highest BCUT2D eigenvalue weighted by Gasteiger charge is 2.10. The Bertz CT molecular complexity index is 969. The summed E-state index contributed by atoms with van der Waals surface area (Å²) in [4.78, 5) is 35.4. The number of carboxylic acids is 1. The highest BCUT2D eigenvalue weighted by molar-refractivity contribution is 5.88. The average molecular weight is 282 g/mol. The van der Waals surface area contributed by atoms with Crippen molar-refractivity contribution >= 4 is 16.7 Å². The predicted octanol–water partition coefficient (Wildman–Crippen LogP) is 1.38. The van der Waals surface area contributed by atoms with E-state index in [1.54, 1.807) is 30.3 Å². The van der Waals surface area contributed by atoms with Crippen LogP contribution in [0.4, 0.5) is 0 Å². The number of fused-ring (bicyclic) bond motifs is 1. The maximum Gasteiger partial charge on any atom is 0.335 e. The molecule has 3 rings (SSSR count). The summed E-state index contributed by atoms with van der Waals surface area (Å²) in [6, 6.07) is 12.3. The monoisotopic (exact) mass is 282 g/mol. The number of nitrogens with one attached hydrogen (secondary N) is 1. The number of carbonyl (C=O) groups is 1. The molecule has 6 heteroatoms. The third-order valence-corrected chi connectivity index (χ3v) is 3.17. The average Bonchev–Trinajstić information content (AvgIpc) is 2.51. The van der Waals surface area contributed by atoms with Gasteiger partial charge >= 0.3 is 5.97 Å². The molecule has 0 aliphatic rings. The second-order valence-electron chi connectivity index (χ2n) is 4.48. The third-order valence-electron chi connectivity index (χ3n) is 3.17. The number of rotatable bonds is 2. The van der Waals surface area contributed by atoms with E-state index in [1.807, 2.05) is 0 Å². The molecule has 0 aliphatic heterocycles. The summed E-state index contributed by atoms with van der Waals surface area (Å²) in [7, 11) is 0. The molecule has 6 nitrogen and oxygen atoms in total. The maximum absolute atomic E-state index is 12.4. The van der Waals surface area contributed by atoms with E-state index in [9.17, 15) is 14.4 Å². The normalized spacial score (nSPS) is 10.7. The summed E-state index contributed by atoms with van der Waals surface area (Å²) in [5.74, 6) is -1.10. The van der Waals surface area contributed by atoms with Crippen LogP contribution in [0.1, 0.15) is 10.4 Å². The van der Waals surface area contributed by atoms with E-state index < -0.39 is 17.1 Å². The highest BCUT2D eigenvalue weighted by atomic mass is 16.4. The first-order valence-electron chi connectivity index (χ1n) is 6.16. The van der Waals surface area contributed by atoms with Crippen LogP contribution in [0.15, 0.2) is 58.1 Å². The van der Waals surface area contributed by atoms with Gasteiger partial charge in [-0.1, -0.05) is 18.2 Å². The summed E-state index contributed by atoms with van der Waals surface area (Å²) in [5, 5.41) is 12.0. The van der Waals surface area contributed by atoms with Gasteiger partial charge in [0.2, 0.25) is 0 Å². The quantitative estimate of drug-likeness (QED) is 0.742. The number of aromatic carboxylic acids is 1. The Morgan fingerprint density at radius 1 is 1.00 bits per heavy atom. The van der Waals surface area contributed by atoms with Crippen molar-refractivity contribution in [2.45, 2.75) is 0 Å². The lowest BCUT2D eigenvalue weighted by atomic mass is 10.2. The first-order valence-corrected chi connectivity index (χ1v) is 6.16. The van der Waals surface area contributed by atoms with Gasteiger partial charge in [-0.25, -0.2) is 9.48 Å². The van der Waals surface area contributed by atoms with Gasteiger partial charge in [-0.3, -0.25) is 14.7 Å². The third kappa shape index (κ3) is 2.12. The second-order valence-corrected chi connectivity index (χ2v) is 4.48. The molecule has 0 saturated heterocycles. The number of benzene rings is 2. The van der Waals surface area contributed by atoms with E-state index in [0.717, 1.165) is 4.68 Å². The van der Waals surface area contributed by atoms with Gasteiger partial charge in [-0.05, 0) is 30.3 Å². The highest BCUT2D eigenvalue weighted by Crippen LogP contribution is 2.09. The number of aromatic amines is 1. The van der Waals surface area contributed by atoms with Gasteiger partial charge in [0.25, 0.3) is 11.1 Å². The lowest BCUT2D eigenvalue weighted by Crippen LogP contribution is -2.28. The fraction of sp³-hybridized carbons (Fsp3) is 0. The Morgan fingerprint density at radius 3 is 2.43 bits per heavy atom. The van der Waals surface area contributed by atoms with Crippen molar-refractivity contribution in [3.8, 4) is 5.69 Å². The molecule has 0 spiro atoms. The van der Waals surface area contributed by atoms with Crippen LogP contribution in [-0.4, -0.2) is 20.9 Å². The standard InChI is InChI=1S/C15H10N2O4/c18-13-11-6-1-2-7-12(11)14(19)17(16-13)10-5-3-4-9(8-10)15(20)21/h1-8H,(H,16,18)(H,20,21). The van der Waals surface area contributed by atoms with E-state index in [0.29, 0.717) is 11.1 Å². The van der Waals surface area contributed by atoms with Gasteiger partial charge < -0.3 is 5.11 Å². The zero-order valence-electron chi connectivity index (χ0n) is 10.7. The molecule has 0 aliphatic carbocycles. The predicted molar refractivity (Wildman–Crippen MR) is 77.1 cm³/mol. The molecule has 0 radical (unpaired) electrons. The number of hydrogen-bond donors (Lipinski definition) is 2. The van der Waals surface area contributed by atoms with Gasteiger partial charge in [0.05, 0.1) is 22.0 Å². The first kappa shape index (κ1) is 12.9. The first-order chi connectivity index (χ1) is 10.1. The van der Waals surface area contributed by atoms with Gasteiger partial charge in [-0.15, -0.1) is 0 Å². The number of nitrogens with zero attached hydrogens (tertiary/aromatic N) is 1. The van der Waals surface area contributed by atoms with Crippen LogP contribution in [0.25, 0.3) is 16.5 Å². The van der Waals surface area contributed by atoms with E-state index in [-0.39, 0.29) is 10.9 Å². The molecule has 0 amide bonds. The number of hydrogen-bond acceptors (Lipinski definition) is 3. The number of aromatic nitrogens is 2. The molecule has 1 aromatic heterocycles. The van der Waals surface area contributed by atoms with Crippen molar-refractivity contribution in [1.29, 1.82) is 0 Å². The lowest BCUT2D eigenvalue weighted by molar-refractivity contribution is 0.0697. The Labute approximate surface area is 117 Å². The minimum absolute atomic E-state index is 0.0356. The molecule has 2 N–H and O–H groups in total. The molecule has 0 saturated carbocycles. The van der Waals surface area contributed by atoms with Crippen LogP contribution in [0.2, 0.25) is 0 Å². The molecule has 0 fully saturated rings. The summed E-state index contributed by atoms with van der Waals surface area (Å²) in [6.45, 7) is 0. The lowest BCUT2D eigenvalue weighted by Gasteiger charge is -2.07. The summed E-state index contributed by atoms with van der Waals surface area (Å²) in [5.41, 5.74) is -0.491. The molecule has 104 valence electrons. The van der Waals surface area contributed by atoms with Crippen molar-refractivity contribution in [2.75, 3.05) is 0 Å². The number of carboxylic acid groups (broad SMARTS) is 1. The van der Waals surface area contributed by atoms with Gasteiger partial charge in [0.15, 0.2) is 0 Å². The van der Waals surface area contributed by atoms with Crippen LogP contribution >= 0.6 is 0 Å². The van der Waals surface area contributed by atoms with Crippen molar-refractivity contribution in [3.05, 3.63) is 74.8 Å². The van der Waals surface area contributed by atoms with E-state index in [1.165, 1.54) is 18.2 Å². The Hall–Kier alpha value is -3.15. The molecule has 1 heterocycles. The Morgan fingerprint density at radius 2 is 1.71 bits per heavy atom. The maximum atomic E-state index is 12.4. The van der Waals surface area contributed by atoms with Crippen LogP contribution < -0.4 is 11.1 Å². The summed E-state index contributed by atoms with van der Waals surface area (Å²) in [6.07, 6.45) is 0. The zero-order chi connectivity index (χ0) is 15.0. The van der Waals surface area contributed by atoms with Crippen molar-refractivity contribution < 1.29 is 9.90 Å². The Kier molecular flexibility index (Phi) is 2.91. The molecule has 0 bridgehead atoms.